The summed E-state index contributed by atoms with van der Waals surface area (Å²) in [6.07, 6.45) is 7.50. The lowest BCUT2D eigenvalue weighted by molar-refractivity contribution is 0.469. The summed E-state index contributed by atoms with van der Waals surface area (Å²) in [5.74, 6) is 0. The molecule has 0 aromatic heterocycles. The van der Waals surface area contributed by atoms with Gasteiger partial charge >= 0.3 is 0 Å². The molecule has 1 aromatic carbocycles. The molecule has 0 radical (unpaired) electrons. The maximum atomic E-state index is 2.19. The molecular weight excluding hydrogens is 300 g/mol. The Morgan fingerprint density at radius 2 is 0.440 bits per heavy atom. The average molecular weight is 353 g/mol. The highest BCUT2D eigenvalue weighted by molar-refractivity contribution is 4.99. The molecule has 1 aliphatic carbocycles. The largest absolute Gasteiger partial charge is 0.0683 e. The van der Waals surface area contributed by atoms with Gasteiger partial charge in [-0.25, -0.2) is 0 Å². The van der Waals surface area contributed by atoms with Crippen molar-refractivity contribution in [1.82, 2.24) is 0 Å². The lowest BCUT2D eigenvalue weighted by atomic mass is 10.0. The van der Waals surface area contributed by atoms with Crippen molar-refractivity contribution in [2.75, 3.05) is 0 Å². The lowest BCUT2D eigenvalue weighted by Gasteiger charge is -2.05. The molecule has 0 bridgehead atoms. The van der Waals surface area contributed by atoms with Crippen LogP contribution in [0, 0.1) is 10.8 Å². The summed E-state index contributed by atoms with van der Waals surface area (Å²) in [5.41, 5.74) is 1.00. The second-order valence-corrected chi connectivity index (χ2v) is 8.92. The van der Waals surface area contributed by atoms with Gasteiger partial charge < -0.3 is 0 Å². The molecule has 0 unspecified atom stereocenters. The third-order valence-electron chi connectivity index (χ3n) is 1.92. The van der Waals surface area contributed by atoms with E-state index in [9.17, 15) is 0 Å². The zero-order valence-corrected chi connectivity index (χ0v) is 20.0. The summed E-state index contributed by atoms with van der Waals surface area (Å²) in [7, 11) is 0. The Balaban J connectivity index is -0.000000111. The molecule has 2 rings (SSSR count). The van der Waals surface area contributed by atoms with Crippen molar-refractivity contribution in [3.8, 4) is 0 Å². The highest BCUT2D eigenvalue weighted by atomic mass is 14.0. The standard InChI is InChI=1S/C6H6.C5H10.2C5H12.2C2H6/c1-2-4-6-5-3-1;1-2-4-5-3-1;2*1-5(2,3)4;2*1-2/h1-6H;1-5H2;2*1-4H3;2*1-2H3. The van der Waals surface area contributed by atoms with E-state index in [1.807, 2.05) is 64.1 Å². The summed E-state index contributed by atoms with van der Waals surface area (Å²) in [4.78, 5) is 0. The van der Waals surface area contributed by atoms with Gasteiger partial charge in [0.25, 0.3) is 0 Å². The minimum absolute atomic E-state index is 0.500. The quantitative estimate of drug-likeness (QED) is 0.435. The molecule has 0 spiro atoms. The zero-order valence-electron chi connectivity index (χ0n) is 20.0. The SMILES string of the molecule is C1CCCC1.CC.CC.CC(C)(C)C.CC(C)(C)C.c1ccccc1. The van der Waals surface area contributed by atoms with Crippen LogP contribution in [0.3, 0.4) is 0 Å². The maximum absolute atomic E-state index is 2.19. The van der Waals surface area contributed by atoms with Crippen molar-refractivity contribution in [1.29, 1.82) is 0 Å². The number of hydrogen-bond acceptors (Lipinski definition) is 0. The fourth-order valence-corrected chi connectivity index (χ4v) is 1.27. The van der Waals surface area contributed by atoms with Crippen molar-refractivity contribution in [2.45, 2.75) is 115 Å². The molecule has 152 valence electrons. The van der Waals surface area contributed by atoms with E-state index in [0.717, 1.165) is 0 Å². The molecule has 0 heterocycles. The minimum atomic E-state index is 0.500. The van der Waals surface area contributed by atoms with Crippen LogP contribution in [0.2, 0.25) is 0 Å². The van der Waals surface area contributed by atoms with Crippen LogP contribution in [-0.2, 0) is 0 Å². The van der Waals surface area contributed by atoms with Gasteiger partial charge in [0.05, 0.1) is 0 Å². The van der Waals surface area contributed by atoms with E-state index in [4.69, 9.17) is 0 Å². The fourth-order valence-electron chi connectivity index (χ4n) is 1.27. The second-order valence-electron chi connectivity index (χ2n) is 8.92. The number of hydrogen-bond donors (Lipinski definition) is 0. The van der Waals surface area contributed by atoms with Crippen molar-refractivity contribution < 1.29 is 0 Å². The fraction of sp³-hybridized carbons (Fsp3) is 0.760. The van der Waals surface area contributed by atoms with Crippen molar-refractivity contribution in [2.24, 2.45) is 10.8 Å². The number of rotatable bonds is 0. The Morgan fingerprint density at radius 3 is 0.520 bits per heavy atom. The van der Waals surface area contributed by atoms with E-state index in [1.54, 1.807) is 0 Å². The predicted molar refractivity (Wildman–Crippen MR) is 122 cm³/mol. The highest BCUT2D eigenvalue weighted by Crippen LogP contribution is 2.15. The average Bonchev–Trinajstić information content (AvgIpc) is 3.09. The Labute approximate surface area is 162 Å². The predicted octanol–water partition coefficient (Wildman–Crippen LogP) is 9.79. The van der Waals surface area contributed by atoms with E-state index >= 15 is 0 Å². The first kappa shape index (κ1) is 31.9. The van der Waals surface area contributed by atoms with Crippen LogP contribution in [0.25, 0.3) is 0 Å². The van der Waals surface area contributed by atoms with Gasteiger partial charge in [0.2, 0.25) is 0 Å². The van der Waals surface area contributed by atoms with Crippen LogP contribution in [-0.4, -0.2) is 0 Å². The molecule has 25 heavy (non-hydrogen) atoms. The van der Waals surface area contributed by atoms with E-state index in [-0.39, 0.29) is 0 Å². The van der Waals surface area contributed by atoms with Gasteiger partial charge in [-0.15, -0.1) is 0 Å². The summed E-state index contributed by atoms with van der Waals surface area (Å²) in [5, 5.41) is 0. The summed E-state index contributed by atoms with van der Waals surface area (Å²) in [6, 6.07) is 12.0. The first-order valence-electron chi connectivity index (χ1n) is 10.5. The van der Waals surface area contributed by atoms with Crippen LogP contribution < -0.4 is 0 Å². The van der Waals surface area contributed by atoms with Crippen LogP contribution in [0.1, 0.15) is 115 Å². The first-order chi connectivity index (χ1) is 11.5. The van der Waals surface area contributed by atoms with Gasteiger partial charge in [0.15, 0.2) is 0 Å². The van der Waals surface area contributed by atoms with Gasteiger partial charge in [-0.2, -0.15) is 0 Å². The molecule has 0 amide bonds. The topological polar surface area (TPSA) is 0 Å². The second kappa shape index (κ2) is 23.2. The molecule has 0 N–H and O–H groups in total. The Morgan fingerprint density at radius 1 is 0.360 bits per heavy atom. The van der Waals surface area contributed by atoms with E-state index in [1.165, 1.54) is 32.1 Å². The molecular formula is C25H52. The minimum Gasteiger partial charge on any atom is -0.0683 e. The Kier molecular flexibility index (Phi) is 29.7. The molecule has 1 aromatic rings. The summed E-state index contributed by atoms with van der Waals surface area (Å²) < 4.78 is 0. The monoisotopic (exact) mass is 352 g/mol. The van der Waals surface area contributed by atoms with Gasteiger partial charge in [-0.3, -0.25) is 0 Å². The van der Waals surface area contributed by atoms with Crippen molar-refractivity contribution in [3.63, 3.8) is 0 Å². The third kappa shape index (κ3) is 100. The molecule has 0 aliphatic heterocycles. The van der Waals surface area contributed by atoms with E-state index in [0.29, 0.717) is 10.8 Å². The summed E-state index contributed by atoms with van der Waals surface area (Å²) in [6.45, 7) is 25.5. The highest BCUT2D eigenvalue weighted by Gasteiger charge is 1.96. The molecule has 1 fully saturated rings. The summed E-state index contributed by atoms with van der Waals surface area (Å²) >= 11 is 0. The third-order valence-corrected chi connectivity index (χ3v) is 1.92. The van der Waals surface area contributed by atoms with E-state index in [2.05, 4.69) is 55.4 Å². The van der Waals surface area contributed by atoms with Gasteiger partial charge in [0, 0.05) is 0 Å². The molecule has 0 atom stereocenters. The van der Waals surface area contributed by atoms with Crippen molar-refractivity contribution in [3.05, 3.63) is 36.4 Å². The maximum Gasteiger partial charge on any atom is -0.0411 e. The molecule has 1 saturated carbocycles. The smallest absolute Gasteiger partial charge is 0.0411 e. The van der Waals surface area contributed by atoms with Crippen LogP contribution >= 0.6 is 0 Å². The molecule has 0 nitrogen and oxygen atoms in total. The van der Waals surface area contributed by atoms with E-state index < -0.39 is 0 Å². The molecule has 0 heteroatoms. The normalized spacial score (nSPS) is 12.0. The first-order valence-corrected chi connectivity index (χ1v) is 10.5. The van der Waals surface area contributed by atoms with Gasteiger partial charge in [0.1, 0.15) is 0 Å². The van der Waals surface area contributed by atoms with Crippen molar-refractivity contribution >= 4 is 0 Å². The van der Waals surface area contributed by atoms with Crippen LogP contribution in [0.15, 0.2) is 36.4 Å². The Bertz CT molecular complexity index is 222. The van der Waals surface area contributed by atoms with Crippen LogP contribution in [0.5, 0.6) is 0 Å². The van der Waals surface area contributed by atoms with Gasteiger partial charge in [-0.1, -0.05) is 152 Å². The number of benzene rings is 1. The lowest BCUT2D eigenvalue weighted by Crippen LogP contribution is -1.93. The zero-order chi connectivity index (χ0) is 20.8. The Hall–Kier alpha value is -0.780. The molecule has 1 aliphatic rings. The molecule has 0 saturated heterocycles. The van der Waals surface area contributed by atoms with Crippen LogP contribution in [0.4, 0.5) is 0 Å². The van der Waals surface area contributed by atoms with Gasteiger partial charge in [-0.05, 0) is 10.8 Å².